The normalized spacial score (nSPS) is 10.3. The van der Waals surface area contributed by atoms with Gasteiger partial charge in [-0.05, 0) is 61.4 Å². The van der Waals surface area contributed by atoms with E-state index in [-0.39, 0.29) is 0 Å². The summed E-state index contributed by atoms with van der Waals surface area (Å²) in [7, 11) is 0. The van der Waals surface area contributed by atoms with E-state index in [0.29, 0.717) is 17.2 Å². The highest BCUT2D eigenvalue weighted by Crippen LogP contribution is 2.33. The zero-order chi connectivity index (χ0) is 16.2. The van der Waals surface area contributed by atoms with E-state index in [9.17, 15) is 0 Å². The first-order valence-electron chi connectivity index (χ1n) is 7.49. The van der Waals surface area contributed by atoms with E-state index < -0.39 is 0 Å². The molecular formula is C20H19NO2. The summed E-state index contributed by atoms with van der Waals surface area (Å²) < 4.78 is 11.8. The van der Waals surface area contributed by atoms with Gasteiger partial charge < -0.3 is 15.2 Å². The Hall–Kier alpha value is -2.94. The highest BCUT2D eigenvalue weighted by Gasteiger charge is 2.06. The quantitative estimate of drug-likeness (QED) is 0.650. The zero-order valence-electron chi connectivity index (χ0n) is 13.2. The first-order chi connectivity index (χ1) is 11.1. The molecule has 116 valence electrons. The first-order valence-corrected chi connectivity index (χ1v) is 7.49. The van der Waals surface area contributed by atoms with Crippen LogP contribution in [0, 0.1) is 13.8 Å². The van der Waals surface area contributed by atoms with Crippen LogP contribution in [-0.4, -0.2) is 0 Å². The van der Waals surface area contributed by atoms with Crippen LogP contribution in [0.3, 0.4) is 0 Å². The topological polar surface area (TPSA) is 44.5 Å². The van der Waals surface area contributed by atoms with Gasteiger partial charge in [0.2, 0.25) is 0 Å². The molecule has 0 spiro atoms. The molecule has 0 amide bonds. The van der Waals surface area contributed by atoms with E-state index >= 15 is 0 Å². The molecule has 0 saturated carbocycles. The fourth-order valence-electron chi connectivity index (χ4n) is 2.29. The van der Waals surface area contributed by atoms with Gasteiger partial charge in [0.15, 0.2) is 5.75 Å². The molecule has 0 aliphatic rings. The summed E-state index contributed by atoms with van der Waals surface area (Å²) in [4.78, 5) is 0. The highest BCUT2D eigenvalue weighted by molar-refractivity contribution is 5.57. The van der Waals surface area contributed by atoms with Gasteiger partial charge in [0, 0.05) is 6.07 Å². The van der Waals surface area contributed by atoms with Crippen LogP contribution in [-0.2, 0) is 0 Å². The molecule has 23 heavy (non-hydrogen) atoms. The summed E-state index contributed by atoms with van der Waals surface area (Å²) in [6.45, 7) is 4.05. The Morgan fingerprint density at radius 3 is 1.83 bits per heavy atom. The molecule has 2 N–H and O–H groups in total. The third-order valence-corrected chi connectivity index (χ3v) is 3.43. The summed E-state index contributed by atoms with van der Waals surface area (Å²) in [6, 6.07) is 21.2. The highest BCUT2D eigenvalue weighted by atomic mass is 16.5. The average molecular weight is 305 g/mol. The number of hydrogen-bond acceptors (Lipinski definition) is 3. The molecule has 3 heteroatoms. The third kappa shape index (κ3) is 3.83. The number of anilines is 1. The van der Waals surface area contributed by atoms with Crippen molar-refractivity contribution in [3.8, 4) is 23.0 Å². The molecule has 0 saturated heterocycles. The lowest BCUT2D eigenvalue weighted by atomic mass is 10.2. The molecule has 0 fully saturated rings. The molecule has 3 rings (SSSR count). The summed E-state index contributed by atoms with van der Waals surface area (Å²) in [5.74, 6) is 2.81. The van der Waals surface area contributed by atoms with Gasteiger partial charge in [-0.25, -0.2) is 0 Å². The molecule has 0 heterocycles. The second-order valence-electron chi connectivity index (χ2n) is 5.54. The van der Waals surface area contributed by atoms with Gasteiger partial charge >= 0.3 is 0 Å². The second kappa shape index (κ2) is 6.44. The van der Waals surface area contributed by atoms with Crippen LogP contribution in [0.5, 0.6) is 23.0 Å². The van der Waals surface area contributed by atoms with Gasteiger partial charge in [0.25, 0.3) is 0 Å². The second-order valence-corrected chi connectivity index (χ2v) is 5.54. The molecule has 0 unspecified atom stereocenters. The van der Waals surface area contributed by atoms with E-state index in [0.717, 1.165) is 22.6 Å². The monoisotopic (exact) mass is 305 g/mol. The Kier molecular flexibility index (Phi) is 4.20. The maximum Gasteiger partial charge on any atom is 0.154 e. The van der Waals surface area contributed by atoms with Crippen molar-refractivity contribution in [3.63, 3.8) is 0 Å². The smallest absolute Gasteiger partial charge is 0.154 e. The predicted molar refractivity (Wildman–Crippen MR) is 93.4 cm³/mol. The summed E-state index contributed by atoms with van der Waals surface area (Å²) in [5, 5.41) is 0. The number of nitrogens with two attached hydrogens (primary N) is 1. The average Bonchev–Trinajstić information content (AvgIpc) is 2.51. The van der Waals surface area contributed by atoms with Crippen molar-refractivity contribution in [2.24, 2.45) is 0 Å². The molecule has 0 aromatic heterocycles. The Bertz CT molecular complexity index is 827. The lowest BCUT2D eigenvalue weighted by molar-refractivity contribution is 0.461. The SMILES string of the molecule is Cc1cccc(Oc2ccc(N)c(Oc3cccc(C)c3)c2)c1. The van der Waals surface area contributed by atoms with Crippen LogP contribution in [0.25, 0.3) is 0 Å². The lowest BCUT2D eigenvalue weighted by Gasteiger charge is -2.12. The maximum atomic E-state index is 6.01. The number of ether oxygens (including phenoxy) is 2. The van der Waals surface area contributed by atoms with Crippen LogP contribution in [0.4, 0.5) is 5.69 Å². The molecule has 3 aromatic rings. The molecule has 0 aliphatic carbocycles. The number of aryl methyl sites for hydroxylation is 2. The molecule has 3 aromatic carbocycles. The van der Waals surface area contributed by atoms with Crippen molar-refractivity contribution >= 4 is 5.69 Å². The van der Waals surface area contributed by atoms with Crippen LogP contribution in [0.15, 0.2) is 66.7 Å². The number of hydrogen-bond donors (Lipinski definition) is 1. The summed E-state index contributed by atoms with van der Waals surface area (Å²) in [5.41, 5.74) is 8.86. The fraction of sp³-hybridized carbons (Fsp3) is 0.100. The van der Waals surface area contributed by atoms with Crippen molar-refractivity contribution in [2.75, 3.05) is 5.73 Å². The van der Waals surface area contributed by atoms with Gasteiger partial charge in [0.1, 0.15) is 17.2 Å². The van der Waals surface area contributed by atoms with Gasteiger partial charge in [0.05, 0.1) is 5.69 Å². The van der Waals surface area contributed by atoms with E-state index in [1.54, 1.807) is 12.1 Å². The Morgan fingerprint density at radius 2 is 1.22 bits per heavy atom. The lowest BCUT2D eigenvalue weighted by Crippen LogP contribution is -1.93. The zero-order valence-corrected chi connectivity index (χ0v) is 13.2. The van der Waals surface area contributed by atoms with Crippen LogP contribution >= 0.6 is 0 Å². The standard InChI is InChI=1S/C20H19NO2/c1-14-5-3-7-16(11-14)22-18-9-10-19(21)20(13-18)23-17-8-4-6-15(2)12-17/h3-13H,21H2,1-2H3. The Morgan fingerprint density at radius 1 is 0.652 bits per heavy atom. The minimum atomic E-state index is 0.572. The minimum Gasteiger partial charge on any atom is -0.457 e. The number of rotatable bonds is 4. The third-order valence-electron chi connectivity index (χ3n) is 3.43. The van der Waals surface area contributed by atoms with E-state index in [2.05, 4.69) is 0 Å². The van der Waals surface area contributed by atoms with Crippen molar-refractivity contribution < 1.29 is 9.47 Å². The first kappa shape index (κ1) is 15.0. The molecule has 3 nitrogen and oxygen atoms in total. The minimum absolute atomic E-state index is 0.572. The largest absolute Gasteiger partial charge is 0.457 e. The van der Waals surface area contributed by atoms with E-state index in [1.165, 1.54) is 0 Å². The maximum absolute atomic E-state index is 6.01. The van der Waals surface area contributed by atoms with Crippen LogP contribution in [0.1, 0.15) is 11.1 Å². The molecular weight excluding hydrogens is 286 g/mol. The van der Waals surface area contributed by atoms with Crippen molar-refractivity contribution in [1.82, 2.24) is 0 Å². The van der Waals surface area contributed by atoms with Gasteiger partial charge in [-0.3, -0.25) is 0 Å². The van der Waals surface area contributed by atoms with E-state index in [4.69, 9.17) is 15.2 Å². The van der Waals surface area contributed by atoms with E-state index in [1.807, 2.05) is 68.4 Å². The fourth-order valence-corrected chi connectivity index (χ4v) is 2.29. The van der Waals surface area contributed by atoms with Crippen molar-refractivity contribution in [3.05, 3.63) is 77.9 Å². The molecule has 0 bridgehead atoms. The predicted octanol–water partition coefficient (Wildman–Crippen LogP) is 5.47. The molecule has 0 atom stereocenters. The number of nitrogen functional groups attached to an aromatic ring is 1. The Labute approximate surface area is 136 Å². The number of benzene rings is 3. The van der Waals surface area contributed by atoms with Crippen LogP contribution < -0.4 is 15.2 Å². The molecule has 0 radical (unpaired) electrons. The van der Waals surface area contributed by atoms with Crippen molar-refractivity contribution in [2.45, 2.75) is 13.8 Å². The van der Waals surface area contributed by atoms with Gasteiger partial charge in [-0.1, -0.05) is 24.3 Å². The Balaban J connectivity index is 1.84. The van der Waals surface area contributed by atoms with Crippen molar-refractivity contribution in [1.29, 1.82) is 0 Å². The summed E-state index contributed by atoms with van der Waals surface area (Å²) in [6.07, 6.45) is 0. The van der Waals surface area contributed by atoms with Crippen LogP contribution in [0.2, 0.25) is 0 Å². The van der Waals surface area contributed by atoms with Gasteiger partial charge in [-0.2, -0.15) is 0 Å². The summed E-state index contributed by atoms with van der Waals surface area (Å²) >= 11 is 0. The van der Waals surface area contributed by atoms with Gasteiger partial charge in [-0.15, -0.1) is 0 Å². The molecule has 0 aliphatic heterocycles.